The van der Waals surface area contributed by atoms with Crippen molar-refractivity contribution in [1.29, 1.82) is 0 Å². The van der Waals surface area contributed by atoms with Crippen LogP contribution in [0.25, 0.3) is 11.4 Å². The summed E-state index contributed by atoms with van der Waals surface area (Å²) >= 11 is 0. The predicted octanol–water partition coefficient (Wildman–Crippen LogP) is 2.53. The number of nitrogens with one attached hydrogen (secondary N) is 1. The Balaban J connectivity index is 2.38. The van der Waals surface area contributed by atoms with E-state index in [0.29, 0.717) is 12.5 Å². The lowest BCUT2D eigenvalue weighted by Gasteiger charge is -2.14. The number of aromatic amines is 1. The summed E-state index contributed by atoms with van der Waals surface area (Å²) in [4.78, 5) is 7.45. The molecule has 2 rings (SSSR count). The number of hydrogen-bond acceptors (Lipinski definition) is 2. The van der Waals surface area contributed by atoms with Crippen molar-refractivity contribution in [3.8, 4) is 11.4 Å². The fraction of sp³-hybridized carbons (Fsp3) is 0.308. The van der Waals surface area contributed by atoms with E-state index >= 15 is 0 Å². The highest BCUT2D eigenvalue weighted by molar-refractivity contribution is 5.60. The van der Waals surface area contributed by atoms with E-state index in [1.807, 2.05) is 12.3 Å². The molecule has 0 aliphatic rings. The summed E-state index contributed by atoms with van der Waals surface area (Å²) in [6.45, 7) is 2.92. The number of rotatable bonds is 4. The van der Waals surface area contributed by atoms with E-state index in [-0.39, 0.29) is 0 Å². The highest BCUT2D eigenvalue weighted by atomic mass is 14.9. The van der Waals surface area contributed by atoms with Crippen molar-refractivity contribution in [3.05, 3.63) is 42.2 Å². The Hall–Kier alpha value is -1.61. The highest BCUT2D eigenvalue weighted by Gasteiger charge is 2.11. The quantitative estimate of drug-likeness (QED) is 0.823. The first-order chi connectivity index (χ1) is 7.83. The van der Waals surface area contributed by atoms with E-state index < -0.39 is 0 Å². The second-order valence-corrected chi connectivity index (χ2v) is 4.00. The van der Waals surface area contributed by atoms with Crippen LogP contribution in [0.2, 0.25) is 0 Å². The zero-order valence-corrected chi connectivity index (χ0v) is 9.48. The maximum Gasteiger partial charge on any atom is 0.137 e. The molecule has 2 aromatic rings. The predicted molar refractivity (Wildman–Crippen MR) is 66.1 cm³/mol. The molecule has 0 radical (unpaired) electrons. The van der Waals surface area contributed by atoms with Crippen LogP contribution >= 0.6 is 0 Å². The summed E-state index contributed by atoms with van der Waals surface area (Å²) in [5.74, 6) is 1.39. The van der Waals surface area contributed by atoms with Gasteiger partial charge in [-0.05, 0) is 24.4 Å². The SMILES string of the molecule is CC(CCN)c1ccccc1-c1ncc[nH]1. The van der Waals surface area contributed by atoms with Gasteiger partial charge in [-0.15, -0.1) is 0 Å². The van der Waals surface area contributed by atoms with E-state index in [9.17, 15) is 0 Å². The Morgan fingerprint density at radius 1 is 1.38 bits per heavy atom. The van der Waals surface area contributed by atoms with Gasteiger partial charge in [0.05, 0.1) is 0 Å². The van der Waals surface area contributed by atoms with Crippen LogP contribution < -0.4 is 5.73 Å². The first-order valence-electron chi connectivity index (χ1n) is 5.61. The molecular formula is C13H17N3. The molecule has 3 N–H and O–H groups in total. The van der Waals surface area contributed by atoms with Gasteiger partial charge in [0, 0.05) is 18.0 Å². The summed E-state index contributed by atoms with van der Waals surface area (Å²) < 4.78 is 0. The van der Waals surface area contributed by atoms with Crippen LogP contribution in [0.1, 0.15) is 24.8 Å². The number of nitrogens with zero attached hydrogens (tertiary/aromatic N) is 1. The summed E-state index contributed by atoms with van der Waals surface area (Å²) in [7, 11) is 0. The number of aromatic nitrogens is 2. The van der Waals surface area contributed by atoms with Crippen molar-refractivity contribution in [2.75, 3.05) is 6.54 Å². The second kappa shape index (κ2) is 4.94. The van der Waals surface area contributed by atoms with Crippen LogP contribution in [-0.2, 0) is 0 Å². The summed E-state index contributed by atoms with van der Waals surface area (Å²) in [6, 6.07) is 8.35. The van der Waals surface area contributed by atoms with Crippen molar-refractivity contribution in [3.63, 3.8) is 0 Å². The second-order valence-electron chi connectivity index (χ2n) is 4.00. The van der Waals surface area contributed by atoms with Gasteiger partial charge in [0.2, 0.25) is 0 Å². The first kappa shape index (κ1) is 10.9. The van der Waals surface area contributed by atoms with E-state index in [4.69, 9.17) is 5.73 Å². The molecule has 1 atom stereocenters. The third kappa shape index (κ3) is 2.14. The number of imidazole rings is 1. The van der Waals surface area contributed by atoms with E-state index in [2.05, 4.69) is 35.1 Å². The van der Waals surface area contributed by atoms with Gasteiger partial charge in [-0.1, -0.05) is 31.2 Å². The van der Waals surface area contributed by atoms with E-state index in [1.165, 1.54) is 11.1 Å². The average Bonchev–Trinajstić information content (AvgIpc) is 2.83. The van der Waals surface area contributed by atoms with Gasteiger partial charge in [-0.3, -0.25) is 0 Å². The van der Waals surface area contributed by atoms with Crippen molar-refractivity contribution in [2.24, 2.45) is 5.73 Å². The molecule has 0 amide bonds. The van der Waals surface area contributed by atoms with Crippen LogP contribution in [-0.4, -0.2) is 16.5 Å². The van der Waals surface area contributed by atoms with E-state index in [1.54, 1.807) is 6.20 Å². The summed E-state index contributed by atoms with van der Waals surface area (Å²) in [5.41, 5.74) is 8.09. The molecular weight excluding hydrogens is 198 g/mol. The molecule has 16 heavy (non-hydrogen) atoms. The van der Waals surface area contributed by atoms with Crippen LogP contribution in [0, 0.1) is 0 Å². The van der Waals surface area contributed by atoms with Crippen LogP contribution in [0.5, 0.6) is 0 Å². The molecule has 0 fully saturated rings. The van der Waals surface area contributed by atoms with E-state index in [0.717, 1.165) is 12.2 Å². The zero-order valence-electron chi connectivity index (χ0n) is 9.48. The number of H-pyrrole nitrogens is 1. The van der Waals surface area contributed by atoms with Gasteiger partial charge in [0.1, 0.15) is 5.82 Å². The minimum absolute atomic E-state index is 0.464. The maximum atomic E-state index is 5.61. The lowest BCUT2D eigenvalue weighted by molar-refractivity contribution is 0.691. The van der Waals surface area contributed by atoms with Crippen LogP contribution in [0.4, 0.5) is 0 Å². The molecule has 3 heteroatoms. The molecule has 0 bridgehead atoms. The monoisotopic (exact) mass is 215 g/mol. The fourth-order valence-corrected chi connectivity index (χ4v) is 1.96. The lowest BCUT2D eigenvalue weighted by atomic mass is 9.93. The smallest absolute Gasteiger partial charge is 0.137 e. The largest absolute Gasteiger partial charge is 0.345 e. The van der Waals surface area contributed by atoms with Gasteiger partial charge in [-0.25, -0.2) is 4.98 Å². The third-order valence-corrected chi connectivity index (χ3v) is 2.84. The van der Waals surface area contributed by atoms with Crippen molar-refractivity contribution >= 4 is 0 Å². The lowest BCUT2D eigenvalue weighted by Crippen LogP contribution is -2.05. The molecule has 0 saturated carbocycles. The molecule has 84 valence electrons. The Bertz CT molecular complexity index is 434. The zero-order chi connectivity index (χ0) is 11.4. The molecule has 3 nitrogen and oxygen atoms in total. The van der Waals surface area contributed by atoms with Crippen LogP contribution in [0.15, 0.2) is 36.7 Å². The van der Waals surface area contributed by atoms with Gasteiger partial charge in [0.25, 0.3) is 0 Å². The summed E-state index contributed by atoms with van der Waals surface area (Å²) in [5, 5.41) is 0. The van der Waals surface area contributed by atoms with Gasteiger partial charge < -0.3 is 10.7 Å². The molecule has 1 unspecified atom stereocenters. The summed E-state index contributed by atoms with van der Waals surface area (Å²) in [6.07, 6.45) is 4.62. The molecule has 1 aromatic heterocycles. The van der Waals surface area contributed by atoms with Crippen molar-refractivity contribution in [2.45, 2.75) is 19.3 Å². The Morgan fingerprint density at radius 3 is 2.88 bits per heavy atom. The molecule has 1 aromatic carbocycles. The molecule has 0 spiro atoms. The Kier molecular flexibility index (Phi) is 3.37. The Labute approximate surface area is 95.7 Å². The van der Waals surface area contributed by atoms with Gasteiger partial charge in [-0.2, -0.15) is 0 Å². The fourth-order valence-electron chi connectivity index (χ4n) is 1.96. The minimum Gasteiger partial charge on any atom is -0.345 e. The third-order valence-electron chi connectivity index (χ3n) is 2.84. The molecule has 1 heterocycles. The Morgan fingerprint density at radius 2 is 2.19 bits per heavy atom. The maximum absolute atomic E-state index is 5.61. The topological polar surface area (TPSA) is 54.7 Å². The van der Waals surface area contributed by atoms with Gasteiger partial charge in [0.15, 0.2) is 0 Å². The van der Waals surface area contributed by atoms with Gasteiger partial charge >= 0.3 is 0 Å². The molecule has 0 aliphatic carbocycles. The highest BCUT2D eigenvalue weighted by Crippen LogP contribution is 2.28. The minimum atomic E-state index is 0.464. The average molecular weight is 215 g/mol. The molecule has 0 aliphatic heterocycles. The molecule has 0 saturated heterocycles. The number of benzene rings is 1. The van der Waals surface area contributed by atoms with Crippen LogP contribution in [0.3, 0.4) is 0 Å². The normalized spacial score (nSPS) is 12.6. The van der Waals surface area contributed by atoms with Crippen molar-refractivity contribution < 1.29 is 0 Å². The number of nitrogens with two attached hydrogens (primary N) is 1. The van der Waals surface area contributed by atoms with Crippen molar-refractivity contribution in [1.82, 2.24) is 9.97 Å². The first-order valence-corrected chi connectivity index (χ1v) is 5.61. The number of hydrogen-bond donors (Lipinski definition) is 2. The standard InChI is InChI=1S/C13H17N3/c1-10(6-7-14)11-4-2-3-5-12(11)13-15-8-9-16-13/h2-5,8-10H,6-7,14H2,1H3,(H,15,16).